The molecule has 2 aromatic heterocycles. The minimum atomic E-state index is -0.395. The Morgan fingerprint density at radius 2 is 1.88 bits per heavy atom. The van der Waals surface area contributed by atoms with Crippen LogP contribution in [0.5, 0.6) is 0 Å². The predicted molar refractivity (Wildman–Crippen MR) is 96.6 cm³/mol. The zero-order chi connectivity index (χ0) is 17.4. The van der Waals surface area contributed by atoms with E-state index in [2.05, 4.69) is 9.97 Å². The summed E-state index contributed by atoms with van der Waals surface area (Å²) in [6, 6.07) is 7.85. The van der Waals surface area contributed by atoms with Crippen molar-refractivity contribution in [1.82, 2.24) is 19.1 Å². The average molecular weight is 342 g/mol. The summed E-state index contributed by atoms with van der Waals surface area (Å²) in [5.74, 6) is 1.29. The molecule has 0 fully saturated rings. The largest absolute Gasteiger partial charge is 0.332 e. The maximum atomic E-state index is 12.6. The van der Waals surface area contributed by atoms with Gasteiger partial charge in [-0.15, -0.1) is 11.8 Å². The number of fused-ring (bicyclic) bond motifs is 1. The highest BCUT2D eigenvalue weighted by Gasteiger charge is 2.17. The molecule has 3 aromatic rings. The predicted octanol–water partition coefficient (Wildman–Crippen LogP) is 2.11. The first kappa shape index (κ1) is 16.4. The highest BCUT2D eigenvalue weighted by Crippen LogP contribution is 2.26. The third-order valence-electron chi connectivity index (χ3n) is 3.82. The van der Waals surface area contributed by atoms with Crippen LogP contribution in [0.25, 0.3) is 22.4 Å². The third-order valence-corrected chi connectivity index (χ3v) is 4.68. The Hall–Kier alpha value is -2.41. The first-order valence-electron chi connectivity index (χ1n) is 7.61. The van der Waals surface area contributed by atoms with Crippen molar-refractivity contribution in [2.24, 2.45) is 14.1 Å². The van der Waals surface area contributed by atoms with Gasteiger partial charge in [-0.05, 0) is 18.7 Å². The van der Waals surface area contributed by atoms with E-state index >= 15 is 0 Å². The molecule has 0 atom stereocenters. The van der Waals surface area contributed by atoms with E-state index in [0.29, 0.717) is 21.9 Å². The molecule has 0 saturated heterocycles. The van der Waals surface area contributed by atoms with Crippen LogP contribution in [0.15, 0.2) is 38.9 Å². The Bertz CT molecular complexity index is 1050. The summed E-state index contributed by atoms with van der Waals surface area (Å²) < 4.78 is 2.50. The van der Waals surface area contributed by atoms with E-state index in [1.807, 2.05) is 38.1 Å². The van der Waals surface area contributed by atoms with Crippen molar-refractivity contribution in [3.05, 3.63) is 50.7 Å². The van der Waals surface area contributed by atoms with Crippen LogP contribution in [-0.4, -0.2) is 24.9 Å². The topological polar surface area (TPSA) is 69.8 Å². The first-order valence-corrected chi connectivity index (χ1v) is 8.60. The second kappa shape index (κ2) is 6.24. The Kier molecular flexibility index (Phi) is 4.28. The highest BCUT2D eigenvalue weighted by atomic mass is 32.2. The molecular weight excluding hydrogens is 324 g/mol. The smallest absolute Gasteiger partial charge is 0.280 e. The fraction of sp³-hybridized carbons (Fsp3) is 0.294. The van der Waals surface area contributed by atoms with Crippen LogP contribution < -0.4 is 11.2 Å². The molecule has 0 radical (unpaired) electrons. The van der Waals surface area contributed by atoms with Crippen LogP contribution in [0.2, 0.25) is 0 Å². The summed E-state index contributed by atoms with van der Waals surface area (Å²) in [4.78, 5) is 33.9. The molecule has 6 nitrogen and oxygen atoms in total. The summed E-state index contributed by atoms with van der Waals surface area (Å²) in [5, 5.41) is 0.998. The number of nitrogens with zero attached hydrogens (tertiary/aromatic N) is 4. The first-order chi connectivity index (χ1) is 11.4. The molecule has 0 saturated carbocycles. The quantitative estimate of drug-likeness (QED) is 0.539. The molecule has 0 amide bonds. The molecule has 124 valence electrons. The van der Waals surface area contributed by atoms with Gasteiger partial charge in [-0.3, -0.25) is 13.9 Å². The molecule has 0 N–H and O–H groups in total. The summed E-state index contributed by atoms with van der Waals surface area (Å²) in [5.41, 5.74) is 1.57. The lowest BCUT2D eigenvalue weighted by molar-refractivity contribution is 0.703. The van der Waals surface area contributed by atoms with Crippen LogP contribution in [0, 0.1) is 6.92 Å². The Morgan fingerprint density at radius 3 is 2.54 bits per heavy atom. The van der Waals surface area contributed by atoms with Crippen molar-refractivity contribution in [2.75, 3.05) is 5.75 Å². The lowest BCUT2D eigenvalue weighted by atomic mass is 10.1. The van der Waals surface area contributed by atoms with E-state index in [1.54, 1.807) is 7.05 Å². The van der Waals surface area contributed by atoms with Gasteiger partial charge >= 0.3 is 5.69 Å². The van der Waals surface area contributed by atoms with Crippen LogP contribution in [0.3, 0.4) is 0 Å². The minimum Gasteiger partial charge on any atom is -0.280 e. The zero-order valence-electron chi connectivity index (χ0n) is 14.0. The summed E-state index contributed by atoms with van der Waals surface area (Å²) in [6.45, 7) is 4.00. The highest BCUT2D eigenvalue weighted by molar-refractivity contribution is 7.99. The summed E-state index contributed by atoms with van der Waals surface area (Å²) in [7, 11) is 3.09. The van der Waals surface area contributed by atoms with Crippen molar-refractivity contribution in [3.8, 4) is 11.4 Å². The lowest BCUT2D eigenvalue weighted by Gasteiger charge is -2.11. The van der Waals surface area contributed by atoms with Crippen LogP contribution in [-0.2, 0) is 14.1 Å². The third kappa shape index (κ3) is 2.65. The van der Waals surface area contributed by atoms with E-state index in [0.717, 1.165) is 21.4 Å². The van der Waals surface area contributed by atoms with Gasteiger partial charge in [0, 0.05) is 19.7 Å². The van der Waals surface area contributed by atoms with Gasteiger partial charge in [0.2, 0.25) is 0 Å². The average Bonchev–Trinajstić information content (AvgIpc) is 2.57. The normalized spacial score (nSPS) is 11.2. The van der Waals surface area contributed by atoms with Gasteiger partial charge in [-0.25, -0.2) is 14.8 Å². The number of hydrogen-bond acceptors (Lipinski definition) is 5. The Morgan fingerprint density at radius 1 is 1.12 bits per heavy atom. The lowest BCUT2D eigenvalue weighted by Crippen LogP contribution is -2.37. The van der Waals surface area contributed by atoms with Crippen molar-refractivity contribution in [2.45, 2.75) is 18.9 Å². The number of hydrogen-bond donors (Lipinski definition) is 0. The second-order valence-corrected chi connectivity index (χ2v) is 6.81. The van der Waals surface area contributed by atoms with Crippen LogP contribution in [0.4, 0.5) is 0 Å². The maximum absolute atomic E-state index is 12.6. The van der Waals surface area contributed by atoms with Crippen molar-refractivity contribution < 1.29 is 0 Å². The van der Waals surface area contributed by atoms with Crippen LogP contribution in [0.1, 0.15) is 12.5 Å². The molecule has 1 aromatic carbocycles. The van der Waals surface area contributed by atoms with Crippen molar-refractivity contribution in [1.29, 1.82) is 0 Å². The maximum Gasteiger partial charge on any atom is 0.332 e. The molecule has 3 rings (SSSR count). The van der Waals surface area contributed by atoms with Crippen LogP contribution >= 0.6 is 11.8 Å². The van der Waals surface area contributed by atoms with Gasteiger partial charge in [0.05, 0.1) is 0 Å². The number of aromatic nitrogens is 4. The molecule has 0 bridgehead atoms. The van der Waals surface area contributed by atoms with E-state index in [4.69, 9.17) is 0 Å². The fourth-order valence-corrected chi connectivity index (χ4v) is 3.33. The summed E-state index contributed by atoms with van der Waals surface area (Å²) >= 11 is 1.48. The number of thioether (sulfide) groups is 1. The molecule has 0 spiro atoms. The zero-order valence-corrected chi connectivity index (χ0v) is 14.8. The van der Waals surface area contributed by atoms with Crippen molar-refractivity contribution >= 4 is 22.8 Å². The number of benzene rings is 1. The van der Waals surface area contributed by atoms with Gasteiger partial charge in [-0.1, -0.05) is 30.7 Å². The molecule has 0 aliphatic carbocycles. The fourth-order valence-electron chi connectivity index (χ4n) is 2.58. The van der Waals surface area contributed by atoms with Gasteiger partial charge in [-0.2, -0.15) is 0 Å². The number of aryl methyl sites for hydroxylation is 2. The van der Waals surface area contributed by atoms with Crippen molar-refractivity contribution in [3.63, 3.8) is 0 Å². The minimum absolute atomic E-state index is 0.361. The Labute approximate surface area is 143 Å². The van der Waals surface area contributed by atoms with Gasteiger partial charge in [0.1, 0.15) is 10.4 Å². The molecular formula is C17H18N4O2S. The SMILES string of the molecule is CCSc1nc(-c2cccc(C)c2)nc2c1c(=O)n(C)c(=O)n2C. The molecule has 0 aliphatic heterocycles. The van der Waals surface area contributed by atoms with Gasteiger partial charge in [0.25, 0.3) is 5.56 Å². The standard InChI is InChI=1S/C17H18N4O2S/c1-5-24-15-12-14(20(3)17(23)21(4)16(12)22)18-13(19-15)11-8-6-7-10(2)9-11/h6-9H,5H2,1-4H3. The molecule has 0 aliphatic rings. The Balaban J connectivity index is 2.44. The van der Waals surface area contributed by atoms with Gasteiger partial charge < -0.3 is 0 Å². The number of rotatable bonds is 3. The van der Waals surface area contributed by atoms with E-state index in [9.17, 15) is 9.59 Å². The van der Waals surface area contributed by atoms with E-state index in [-0.39, 0.29) is 5.56 Å². The monoisotopic (exact) mass is 342 g/mol. The van der Waals surface area contributed by atoms with Gasteiger partial charge in [0.15, 0.2) is 11.5 Å². The molecule has 7 heteroatoms. The van der Waals surface area contributed by atoms with E-state index < -0.39 is 5.69 Å². The molecule has 0 unspecified atom stereocenters. The van der Waals surface area contributed by atoms with E-state index in [1.165, 1.54) is 23.4 Å². The molecule has 24 heavy (non-hydrogen) atoms. The summed E-state index contributed by atoms with van der Waals surface area (Å²) in [6.07, 6.45) is 0. The second-order valence-electron chi connectivity index (χ2n) is 5.56. The molecule has 2 heterocycles.